The van der Waals surface area contributed by atoms with Gasteiger partial charge in [0.2, 0.25) is 0 Å². The summed E-state index contributed by atoms with van der Waals surface area (Å²) in [5, 5.41) is 1.15. The molecule has 0 fully saturated rings. The lowest BCUT2D eigenvalue weighted by atomic mass is 10.0. The zero-order chi connectivity index (χ0) is 11.0. The molecule has 1 atom stereocenters. The second-order valence-electron chi connectivity index (χ2n) is 3.54. The third-order valence-electron chi connectivity index (χ3n) is 2.63. The Hall–Kier alpha value is -1.37. The van der Waals surface area contributed by atoms with Crippen molar-refractivity contribution in [1.29, 1.82) is 0 Å². The van der Waals surface area contributed by atoms with Gasteiger partial charge in [0, 0.05) is 12.7 Å². The number of fused-ring (bicyclic) bond motifs is 3. The molecule has 1 heterocycles. The van der Waals surface area contributed by atoms with E-state index in [0.717, 1.165) is 16.6 Å². The molecule has 1 unspecified atom stereocenters. The highest BCUT2D eigenvalue weighted by molar-refractivity contribution is 7.56. The minimum absolute atomic E-state index is 0.911. The maximum absolute atomic E-state index is 5.85. The Morgan fingerprint density at radius 3 is 2.44 bits per heavy atom. The maximum atomic E-state index is 5.85. The molecule has 0 aromatic heterocycles. The summed E-state index contributed by atoms with van der Waals surface area (Å²) in [6.45, 7) is 0. The average Bonchev–Trinajstić information content (AvgIpc) is 2.38. The van der Waals surface area contributed by atoms with Crippen molar-refractivity contribution in [3.63, 3.8) is 0 Å². The largest absolute Gasteiger partial charge is 0.443 e. The molecule has 2 aromatic rings. The number of hydrogen-bond donors (Lipinski definition) is 0. The van der Waals surface area contributed by atoms with Crippen LogP contribution in [0.4, 0.5) is 0 Å². The fourth-order valence-corrected chi connectivity index (χ4v) is 3.21. The number of rotatable bonds is 1. The van der Waals surface area contributed by atoms with Crippen molar-refractivity contribution in [1.82, 2.24) is 0 Å². The van der Waals surface area contributed by atoms with Crippen molar-refractivity contribution in [3.8, 4) is 16.9 Å². The summed E-state index contributed by atoms with van der Waals surface area (Å²) in [7, 11) is 0.719. The summed E-state index contributed by atoms with van der Waals surface area (Å²) in [5.74, 6) is 0.911. The molecule has 0 radical (unpaired) electrons. The number of para-hydroxylation sites is 1. The summed E-state index contributed by atoms with van der Waals surface area (Å²) in [5.41, 5.74) is 2.37. The molecule has 2 aromatic carbocycles. The fraction of sp³-hybridized carbons (Fsp3) is 0.0769. The lowest BCUT2D eigenvalue weighted by Crippen LogP contribution is -2.14. The van der Waals surface area contributed by atoms with Crippen LogP contribution in [-0.2, 0) is 4.52 Å². The molecule has 0 spiro atoms. The maximum Gasteiger partial charge on any atom is 0.265 e. The van der Waals surface area contributed by atoms with Gasteiger partial charge in [0.15, 0.2) is 0 Å². The molecule has 16 heavy (non-hydrogen) atoms. The first-order valence-corrected chi connectivity index (χ1v) is 6.28. The van der Waals surface area contributed by atoms with Crippen molar-refractivity contribution in [2.75, 3.05) is 7.11 Å². The van der Waals surface area contributed by atoms with Crippen LogP contribution in [0.25, 0.3) is 11.1 Å². The molecule has 1 aliphatic rings. The normalized spacial score (nSPS) is 17.2. The lowest BCUT2D eigenvalue weighted by Gasteiger charge is -2.25. The first kappa shape index (κ1) is 9.83. The Balaban J connectivity index is 2.24. The van der Waals surface area contributed by atoms with E-state index in [9.17, 15) is 0 Å². The zero-order valence-corrected chi connectivity index (χ0v) is 9.78. The third kappa shape index (κ3) is 1.42. The number of benzene rings is 2. The molecule has 0 aliphatic carbocycles. The van der Waals surface area contributed by atoms with Gasteiger partial charge >= 0.3 is 0 Å². The summed E-state index contributed by atoms with van der Waals surface area (Å²) >= 11 is 0. The Morgan fingerprint density at radius 2 is 1.62 bits per heavy atom. The second-order valence-corrected chi connectivity index (χ2v) is 5.09. The standard InChI is InChI=1S/C13H11O2P/c1-14-16-13-9-5-3-7-11(13)10-6-2-4-8-12(10)15-16/h2-9H,1H3. The lowest BCUT2D eigenvalue weighted by molar-refractivity contribution is 0.404. The molecular formula is C13H11O2P. The molecule has 0 bridgehead atoms. The van der Waals surface area contributed by atoms with Gasteiger partial charge in [-0.2, -0.15) is 0 Å². The molecule has 2 nitrogen and oxygen atoms in total. The van der Waals surface area contributed by atoms with Crippen LogP contribution < -0.4 is 9.83 Å². The molecular weight excluding hydrogens is 219 g/mol. The predicted molar refractivity (Wildman–Crippen MR) is 66.1 cm³/mol. The summed E-state index contributed by atoms with van der Waals surface area (Å²) < 4.78 is 11.3. The van der Waals surface area contributed by atoms with E-state index in [1.165, 1.54) is 5.56 Å². The highest BCUT2D eigenvalue weighted by Crippen LogP contribution is 2.48. The van der Waals surface area contributed by atoms with E-state index in [1.54, 1.807) is 7.11 Å². The van der Waals surface area contributed by atoms with Gasteiger partial charge in [-0.15, -0.1) is 0 Å². The van der Waals surface area contributed by atoms with Crippen molar-refractivity contribution < 1.29 is 9.05 Å². The SMILES string of the molecule is COP1Oc2ccccc2-c2ccccc21. The Kier molecular flexibility index (Phi) is 2.39. The van der Waals surface area contributed by atoms with Crippen LogP contribution in [0, 0.1) is 0 Å². The minimum Gasteiger partial charge on any atom is -0.443 e. The first-order valence-electron chi connectivity index (χ1n) is 5.11. The van der Waals surface area contributed by atoms with Crippen molar-refractivity contribution >= 4 is 13.7 Å². The van der Waals surface area contributed by atoms with E-state index < -0.39 is 8.38 Å². The van der Waals surface area contributed by atoms with Gasteiger partial charge in [-0.25, -0.2) is 0 Å². The minimum atomic E-state index is -0.972. The molecule has 3 heteroatoms. The molecule has 0 saturated heterocycles. The van der Waals surface area contributed by atoms with Gasteiger partial charge in [0.1, 0.15) is 5.75 Å². The predicted octanol–water partition coefficient (Wildman–Crippen LogP) is 3.33. The van der Waals surface area contributed by atoms with Crippen LogP contribution in [0.2, 0.25) is 0 Å². The van der Waals surface area contributed by atoms with E-state index in [0.29, 0.717) is 0 Å². The first-order chi connectivity index (χ1) is 7.90. The Morgan fingerprint density at radius 1 is 0.938 bits per heavy atom. The monoisotopic (exact) mass is 230 g/mol. The molecule has 3 rings (SSSR count). The van der Waals surface area contributed by atoms with Crippen LogP contribution in [0.1, 0.15) is 0 Å². The van der Waals surface area contributed by atoms with Crippen molar-refractivity contribution in [3.05, 3.63) is 48.5 Å². The van der Waals surface area contributed by atoms with Gasteiger partial charge in [-0.3, -0.25) is 0 Å². The second kappa shape index (κ2) is 3.89. The van der Waals surface area contributed by atoms with Gasteiger partial charge in [0.25, 0.3) is 8.38 Å². The van der Waals surface area contributed by atoms with E-state index in [1.807, 2.05) is 30.3 Å². The van der Waals surface area contributed by atoms with Crippen LogP contribution in [0.15, 0.2) is 48.5 Å². The quantitative estimate of drug-likeness (QED) is 0.699. The van der Waals surface area contributed by atoms with E-state index in [4.69, 9.17) is 9.05 Å². The average molecular weight is 230 g/mol. The van der Waals surface area contributed by atoms with Crippen molar-refractivity contribution in [2.45, 2.75) is 0 Å². The van der Waals surface area contributed by atoms with Crippen LogP contribution in [-0.4, -0.2) is 7.11 Å². The van der Waals surface area contributed by atoms with E-state index >= 15 is 0 Å². The summed E-state index contributed by atoms with van der Waals surface area (Å²) in [6.07, 6.45) is 0. The van der Waals surface area contributed by atoms with E-state index in [2.05, 4.69) is 18.2 Å². The molecule has 1 aliphatic heterocycles. The highest BCUT2D eigenvalue weighted by Gasteiger charge is 2.26. The molecule has 0 N–H and O–H groups in total. The van der Waals surface area contributed by atoms with Crippen LogP contribution in [0.5, 0.6) is 5.75 Å². The zero-order valence-electron chi connectivity index (χ0n) is 8.88. The number of hydrogen-bond acceptors (Lipinski definition) is 2. The summed E-state index contributed by atoms with van der Waals surface area (Å²) in [4.78, 5) is 0. The van der Waals surface area contributed by atoms with Gasteiger partial charge in [-0.1, -0.05) is 36.4 Å². The van der Waals surface area contributed by atoms with Crippen LogP contribution in [0.3, 0.4) is 0 Å². The molecule has 80 valence electrons. The smallest absolute Gasteiger partial charge is 0.265 e. The highest BCUT2D eigenvalue weighted by atomic mass is 31.2. The van der Waals surface area contributed by atoms with Crippen molar-refractivity contribution in [2.24, 2.45) is 0 Å². The van der Waals surface area contributed by atoms with Crippen LogP contribution >= 0.6 is 8.38 Å². The third-order valence-corrected chi connectivity index (χ3v) is 4.10. The van der Waals surface area contributed by atoms with Gasteiger partial charge in [-0.05, 0) is 17.7 Å². The van der Waals surface area contributed by atoms with Gasteiger partial charge in [0.05, 0.1) is 5.30 Å². The fourth-order valence-electron chi connectivity index (χ4n) is 1.90. The van der Waals surface area contributed by atoms with Gasteiger partial charge < -0.3 is 9.05 Å². The molecule has 0 saturated carbocycles. The Labute approximate surface area is 95.7 Å². The topological polar surface area (TPSA) is 18.5 Å². The van der Waals surface area contributed by atoms with E-state index in [-0.39, 0.29) is 0 Å². The Bertz CT molecular complexity index is 525. The summed E-state index contributed by atoms with van der Waals surface area (Å²) in [6, 6.07) is 16.3. The molecule has 0 amide bonds.